The maximum Gasteiger partial charge on any atom is 0.306 e. The summed E-state index contributed by atoms with van der Waals surface area (Å²) in [5.74, 6) is -2.77. The van der Waals surface area contributed by atoms with E-state index in [1.165, 1.54) is 12.2 Å². The average Bonchev–Trinajstić information content (AvgIpc) is 2.98. The quantitative estimate of drug-likeness (QED) is 0.610. The fourth-order valence-electron chi connectivity index (χ4n) is 7.62. The normalized spacial score (nSPS) is 48.4. The summed E-state index contributed by atoms with van der Waals surface area (Å²) in [5.41, 5.74) is -6.25. The van der Waals surface area contributed by atoms with Gasteiger partial charge >= 0.3 is 5.97 Å². The number of halogens is 2. The number of carbonyl (C=O) groups excluding carboxylic acids is 3. The monoisotopic (exact) mass is 482 g/mol. The van der Waals surface area contributed by atoms with Gasteiger partial charge in [0, 0.05) is 29.1 Å². The molecule has 2 unspecified atom stereocenters. The number of hydrogen-bond acceptors (Lipinski definition) is 6. The fraction of sp³-hybridized carbons (Fsp3) is 0.720. The Labute approximate surface area is 197 Å². The second-order valence-corrected chi connectivity index (χ2v) is 11.3. The molecule has 0 spiro atoms. The van der Waals surface area contributed by atoms with Gasteiger partial charge in [0.1, 0.15) is 6.17 Å². The zero-order valence-electron chi connectivity index (χ0n) is 19.7. The Morgan fingerprint density at radius 3 is 2.55 bits per heavy atom. The van der Waals surface area contributed by atoms with Gasteiger partial charge in [-0.05, 0) is 56.1 Å². The van der Waals surface area contributed by atoms with Crippen molar-refractivity contribution >= 4 is 28.6 Å². The predicted octanol–water partition coefficient (Wildman–Crippen LogP) is 4.13. The van der Waals surface area contributed by atoms with E-state index in [-0.39, 0.29) is 30.0 Å². The van der Waals surface area contributed by atoms with Crippen molar-refractivity contribution in [2.24, 2.45) is 28.6 Å². The molecule has 5 nitrogen and oxygen atoms in total. The summed E-state index contributed by atoms with van der Waals surface area (Å²) in [5, 5.41) is 11.1. The first-order valence-corrected chi connectivity index (χ1v) is 12.8. The van der Waals surface area contributed by atoms with Crippen LogP contribution in [0.4, 0.5) is 8.78 Å². The van der Waals surface area contributed by atoms with Gasteiger partial charge in [-0.1, -0.05) is 38.6 Å². The topological polar surface area (TPSA) is 80.7 Å². The van der Waals surface area contributed by atoms with Crippen molar-refractivity contribution < 1.29 is 33.0 Å². The minimum atomic E-state index is -2.23. The van der Waals surface area contributed by atoms with Crippen LogP contribution >= 0.6 is 11.8 Å². The highest BCUT2D eigenvalue weighted by molar-refractivity contribution is 8.13. The Hall–Kier alpha value is -1.54. The molecule has 182 valence electrons. The van der Waals surface area contributed by atoms with E-state index in [9.17, 15) is 19.5 Å². The van der Waals surface area contributed by atoms with Crippen LogP contribution in [0.5, 0.6) is 0 Å². The zero-order valence-corrected chi connectivity index (χ0v) is 20.5. The average molecular weight is 483 g/mol. The number of rotatable bonds is 3. The number of esters is 1. The SMILES string of the molecule is CCC(=O)O[C@]1(C(=O)SC)[C@H](C)C[C@H]2[C@@H]3C[C@H](F)C4=CC(=O)C=CC4(C)[C@@]3(F)[C@@H](O)CC21C. The van der Waals surface area contributed by atoms with Gasteiger partial charge in [-0.3, -0.25) is 14.4 Å². The molecule has 0 aliphatic heterocycles. The van der Waals surface area contributed by atoms with Gasteiger partial charge in [-0.15, -0.1) is 0 Å². The number of ether oxygens (including phenoxy) is 1. The zero-order chi connectivity index (χ0) is 24.6. The van der Waals surface area contributed by atoms with E-state index in [0.717, 1.165) is 17.8 Å². The molecule has 4 aliphatic rings. The van der Waals surface area contributed by atoms with E-state index in [1.54, 1.807) is 27.0 Å². The lowest BCUT2D eigenvalue weighted by molar-refractivity contribution is -0.228. The number of hydrogen-bond donors (Lipinski definition) is 1. The van der Waals surface area contributed by atoms with Crippen molar-refractivity contribution in [3.63, 3.8) is 0 Å². The molecule has 8 heteroatoms. The number of thioether (sulfide) groups is 1. The van der Waals surface area contributed by atoms with Gasteiger partial charge < -0.3 is 9.84 Å². The molecule has 0 aromatic carbocycles. The Morgan fingerprint density at radius 1 is 1.27 bits per heavy atom. The van der Waals surface area contributed by atoms with E-state index in [2.05, 4.69) is 0 Å². The van der Waals surface area contributed by atoms with Crippen LogP contribution in [0.25, 0.3) is 0 Å². The highest BCUT2D eigenvalue weighted by Gasteiger charge is 2.78. The molecule has 3 saturated carbocycles. The fourth-order valence-corrected chi connectivity index (χ4v) is 8.40. The van der Waals surface area contributed by atoms with Crippen LogP contribution in [0.1, 0.15) is 53.4 Å². The first-order chi connectivity index (χ1) is 15.3. The van der Waals surface area contributed by atoms with Crippen molar-refractivity contribution in [3.8, 4) is 0 Å². The first-order valence-electron chi connectivity index (χ1n) is 11.6. The van der Waals surface area contributed by atoms with Crippen LogP contribution in [0.3, 0.4) is 0 Å². The summed E-state index contributed by atoms with van der Waals surface area (Å²) >= 11 is 0.956. The molecule has 33 heavy (non-hydrogen) atoms. The Bertz CT molecular complexity index is 964. The van der Waals surface area contributed by atoms with Crippen LogP contribution in [0, 0.1) is 28.6 Å². The van der Waals surface area contributed by atoms with Gasteiger partial charge in [0.25, 0.3) is 0 Å². The lowest BCUT2D eigenvalue weighted by Gasteiger charge is -2.63. The molecule has 0 aromatic heterocycles. The van der Waals surface area contributed by atoms with E-state index in [1.807, 2.05) is 6.92 Å². The Kier molecular flexibility index (Phi) is 5.76. The lowest BCUT2D eigenvalue weighted by atomic mass is 9.44. The van der Waals surface area contributed by atoms with Gasteiger partial charge in [-0.2, -0.15) is 0 Å². The second-order valence-electron chi connectivity index (χ2n) is 10.6. The third-order valence-electron chi connectivity index (χ3n) is 9.22. The number of allylic oxidation sites excluding steroid dienone is 4. The van der Waals surface area contributed by atoms with Gasteiger partial charge in [0.2, 0.25) is 5.12 Å². The minimum Gasteiger partial charge on any atom is -0.449 e. The smallest absolute Gasteiger partial charge is 0.306 e. The van der Waals surface area contributed by atoms with E-state index >= 15 is 8.78 Å². The standard InChI is InChI=1S/C25H32F2O5S/c1-6-20(30)32-25(21(31)33-5)13(2)9-15-16-11-18(26)17-10-14(28)7-8-22(17,3)24(16,27)19(29)12-23(15,25)4/h7-8,10,13,15-16,18-19,29H,6,9,11-12H2,1-5H3/t13-,15+,16+,18+,19+,22?,23?,24+,25+/m1/s1. The lowest BCUT2D eigenvalue weighted by Crippen LogP contribution is -2.70. The van der Waals surface area contributed by atoms with Crippen LogP contribution in [0.2, 0.25) is 0 Å². The minimum absolute atomic E-state index is 0.0614. The third-order valence-corrected chi connectivity index (χ3v) is 9.89. The Morgan fingerprint density at radius 2 is 1.94 bits per heavy atom. The summed E-state index contributed by atoms with van der Waals surface area (Å²) in [4.78, 5) is 37.8. The molecular formula is C25H32F2O5S. The largest absolute Gasteiger partial charge is 0.449 e. The highest BCUT2D eigenvalue weighted by Crippen LogP contribution is 2.72. The molecule has 0 amide bonds. The van der Waals surface area contributed by atoms with E-state index < -0.39 is 63.9 Å². The van der Waals surface area contributed by atoms with Gasteiger partial charge in [0.15, 0.2) is 17.1 Å². The van der Waals surface area contributed by atoms with E-state index in [4.69, 9.17) is 4.74 Å². The van der Waals surface area contributed by atoms with Crippen molar-refractivity contribution in [1.29, 1.82) is 0 Å². The maximum absolute atomic E-state index is 17.2. The number of alkyl halides is 2. The molecule has 4 rings (SSSR count). The summed E-state index contributed by atoms with van der Waals surface area (Å²) in [6.07, 6.45) is 2.45. The van der Waals surface area contributed by atoms with Crippen molar-refractivity contribution in [2.45, 2.75) is 76.9 Å². The highest BCUT2D eigenvalue weighted by atomic mass is 32.2. The molecule has 0 heterocycles. The summed E-state index contributed by atoms with van der Waals surface area (Å²) in [6, 6.07) is 0. The molecule has 0 radical (unpaired) electrons. The van der Waals surface area contributed by atoms with Gasteiger partial charge in [0.05, 0.1) is 6.10 Å². The molecule has 0 aromatic rings. The third kappa shape index (κ3) is 2.89. The Balaban J connectivity index is 1.88. The van der Waals surface area contributed by atoms with Gasteiger partial charge in [-0.25, -0.2) is 8.78 Å². The molecule has 0 bridgehead atoms. The number of aliphatic hydroxyl groups excluding tert-OH is 1. The van der Waals surface area contributed by atoms with Crippen LogP contribution in [0.15, 0.2) is 23.8 Å². The number of ketones is 1. The number of carbonyl (C=O) groups is 3. The van der Waals surface area contributed by atoms with E-state index in [0.29, 0.717) is 6.42 Å². The second kappa shape index (κ2) is 7.74. The van der Waals surface area contributed by atoms with Crippen LogP contribution in [-0.4, -0.2) is 51.8 Å². The summed E-state index contributed by atoms with van der Waals surface area (Å²) < 4.78 is 38.6. The molecule has 4 aliphatic carbocycles. The summed E-state index contributed by atoms with van der Waals surface area (Å²) in [7, 11) is 0. The first kappa shape index (κ1) is 24.6. The van der Waals surface area contributed by atoms with Crippen LogP contribution < -0.4 is 0 Å². The molecule has 0 saturated heterocycles. The number of fused-ring (bicyclic) bond motifs is 5. The molecule has 3 fully saturated rings. The summed E-state index contributed by atoms with van der Waals surface area (Å²) in [6.45, 7) is 6.78. The van der Waals surface area contributed by atoms with Crippen molar-refractivity contribution in [1.82, 2.24) is 0 Å². The van der Waals surface area contributed by atoms with Crippen LogP contribution in [-0.2, 0) is 19.1 Å². The molecule has 9 atom stereocenters. The molecular weight excluding hydrogens is 450 g/mol. The molecule has 1 N–H and O–H groups in total. The maximum atomic E-state index is 17.2. The van der Waals surface area contributed by atoms with Crippen molar-refractivity contribution in [3.05, 3.63) is 23.8 Å². The predicted molar refractivity (Wildman–Crippen MR) is 121 cm³/mol. The van der Waals surface area contributed by atoms with Crippen molar-refractivity contribution in [2.75, 3.05) is 6.26 Å². The number of aliphatic hydroxyl groups is 1.